The highest BCUT2D eigenvalue weighted by Crippen LogP contribution is 2.30. The first-order valence-corrected chi connectivity index (χ1v) is 6.17. The van der Waals surface area contributed by atoms with Gasteiger partial charge >= 0.3 is 6.18 Å². The van der Waals surface area contributed by atoms with Gasteiger partial charge in [-0.25, -0.2) is 0 Å². The Morgan fingerprint density at radius 3 is 2.24 bits per heavy atom. The number of rotatable bonds is 2. The summed E-state index contributed by atoms with van der Waals surface area (Å²) in [5, 5.41) is 9.20. The summed E-state index contributed by atoms with van der Waals surface area (Å²) in [4.78, 5) is 0. The van der Waals surface area contributed by atoms with Crippen molar-refractivity contribution in [1.29, 1.82) is 5.26 Å². The zero-order valence-electron chi connectivity index (χ0n) is 11.5. The van der Waals surface area contributed by atoms with Gasteiger partial charge < -0.3 is 4.42 Å². The van der Waals surface area contributed by atoms with Gasteiger partial charge in [-0.3, -0.25) is 0 Å². The molecule has 0 aliphatic heterocycles. The van der Waals surface area contributed by atoms with Crippen LogP contribution in [0, 0.1) is 25.2 Å². The molecule has 0 saturated heterocycles. The molecule has 0 spiro atoms. The highest BCUT2D eigenvalue weighted by molar-refractivity contribution is 5.89. The fourth-order valence-corrected chi connectivity index (χ4v) is 1.97. The van der Waals surface area contributed by atoms with Crippen LogP contribution in [0.5, 0.6) is 0 Å². The highest BCUT2D eigenvalue weighted by Gasteiger charge is 2.30. The molecule has 0 fully saturated rings. The Labute approximate surface area is 120 Å². The average molecular weight is 291 g/mol. The number of halogens is 3. The molecule has 0 bridgehead atoms. The second kappa shape index (κ2) is 5.49. The molecule has 2 aromatic rings. The third kappa shape index (κ3) is 3.34. The van der Waals surface area contributed by atoms with Gasteiger partial charge in [0.05, 0.1) is 17.2 Å². The number of hydrogen-bond donors (Lipinski definition) is 0. The van der Waals surface area contributed by atoms with E-state index < -0.39 is 11.7 Å². The van der Waals surface area contributed by atoms with Crippen LogP contribution in [0.3, 0.4) is 0 Å². The van der Waals surface area contributed by atoms with Gasteiger partial charge in [-0.15, -0.1) is 0 Å². The van der Waals surface area contributed by atoms with Gasteiger partial charge in [0.2, 0.25) is 0 Å². The van der Waals surface area contributed by atoms with Gasteiger partial charge in [-0.2, -0.15) is 18.4 Å². The molecular weight excluding hydrogens is 279 g/mol. The van der Waals surface area contributed by atoms with E-state index >= 15 is 0 Å². The summed E-state index contributed by atoms with van der Waals surface area (Å²) < 4.78 is 42.9. The average Bonchev–Trinajstić information content (AvgIpc) is 2.73. The highest BCUT2D eigenvalue weighted by atomic mass is 19.4. The van der Waals surface area contributed by atoms with E-state index in [4.69, 9.17) is 4.42 Å². The summed E-state index contributed by atoms with van der Waals surface area (Å²) in [6.07, 6.45) is -2.78. The molecule has 1 aromatic heterocycles. The number of allylic oxidation sites excluding steroid dienone is 1. The van der Waals surface area contributed by atoms with Crippen LogP contribution in [0.25, 0.3) is 11.6 Å². The molecule has 1 aromatic carbocycles. The molecule has 0 atom stereocenters. The Hall–Kier alpha value is -2.48. The first-order chi connectivity index (χ1) is 9.81. The maximum Gasteiger partial charge on any atom is 0.416 e. The minimum atomic E-state index is -4.38. The summed E-state index contributed by atoms with van der Waals surface area (Å²) in [7, 11) is 0. The molecular formula is C16H12F3NO. The Morgan fingerprint density at radius 1 is 1.19 bits per heavy atom. The topological polar surface area (TPSA) is 36.9 Å². The molecule has 108 valence electrons. The lowest BCUT2D eigenvalue weighted by molar-refractivity contribution is -0.137. The van der Waals surface area contributed by atoms with Gasteiger partial charge in [0.25, 0.3) is 0 Å². The van der Waals surface area contributed by atoms with Gasteiger partial charge in [-0.1, -0.05) is 12.1 Å². The Kier molecular flexibility index (Phi) is 3.90. The van der Waals surface area contributed by atoms with Crippen LogP contribution in [0.2, 0.25) is 0 Å². The molecule has 0 unspecified atom stereocenters. The van der Waals surface area contributed by atoms with Crippen LogP contribution in [-0.4, -0.2) is 0 Å². The fraction of sp³-hybridized carbons (Fsp3) is 0.188. The summed E-state index contributed by atoms with van der Waals surface area (Å²) in [5.41, 5.74) is 0.721. The Morgan fingerprint density at radius 2 is 1.81 bits per heavy atom. The number of nitrogens with zero attached hydrogens (tertiary/aromatic N) is 1. The molecule has 21 heavy (non-hydrogen) atoms. The van der Waals surface area contributed by atoms with Crippen molar-refractivity contribution in [3.8, 4) is 6.07 Å². The third-order valence-electron chi connectivity index (χ3n) is 3.02. The molecule has 0 N–H and O–H groups in total. The number of benzene rings is 1. The number of aryl methyl sites for hydroxylation is 2. The van der Waals surface area contributed by atoms with Crippen molar-refractivity contribution in [3.05, 3.63) is 58.5 Å². The Bertz CT molecular complexity index is 715. The van der Waals surface area contributed by atoms with Crippen molar-refractivity contribution >= 4 is 11.6 Å². The zero-order valence-corrected chi connectivity index (χ0v) is 11.5. The smallest absolute Gasteiger partial charge is 0.416 e. The van der Waals surface area contributed by atoms with Crippen LogP contribution in [0.1, 0.15) is 28.2 Å². The van der Waals surface area contributed by atoms with Crippen molar-refractivity contribution in [1.82, 2.24) is 0 Å². The fourth-order valence-electron chi connectivity index (χ4n) is 1.97. The number of hydrogen-bond acceptors (Lipinski definition) is 2. The van der Waals surface area contributed by atoms with E-state index in [1.807, 2.05) is 6.07 Å². The first kappa shape index (κ1) is 14.9. The summed E-state index contributed by atoms with van der Waals surface area (Å²) in [5.74, 6) is 1.37. The largest absolute Gasteiger partial charge is 0.466 e. The van der Waals surface area contributed by atoms with Gasteiger partial charge in [0, 0.05) is 5.56 Å². The molecule has 0 saturated carbocycles. The molecule has 2 rings (SSSR count). The van der Waals surface area contributed by atoms with Crippen LogP contribution < -0.4 is 0 Å². The van der Waals surface area contributed by atoms with Gasteiger partial charge in [0.1, 0.15) is 11.5 Å². The number of nitriles is 1. The minimum absolute atomic E-state index is 0.285. The molecule has 5 heteroatoms. The normalized spacial score (nSPS) is 12.3. The van der Waals surface area contributed by atoms with E-state index in [0.29, 0.717) is 17.1 Å². The van der Waals surface area contributed by atoms with E-state index in [1.54, 1.807) is 26.0 Å². The first-order valence-electron chi connectivity index (χ1n) is 6.17. The summed E-state index contributed by atoms with van der Waals surface area (Å²) in [6.45, 7) is 3.55. The van der Waals surface area contributed by atoms with Crippen molar-refractivity contribution in [3.63, 3.8) is 0 Å². The third-order valence-corrected chi connectivity index (χ3v) is 3.02. The SMILES string of the molecule is Cc1cc(/C=C(/C#N)c2ccc(C(F)(F)F)cc2)c(C)o1. The summed E-state index contributed by atoms with van der Waals surface area (Å²) in [6, 6.07) is 8.29. The summed E-state index contributed by atoms with van der Waals surface area (Å²) >= 11 is 0. The Balaban J connectivity index is 2.39. The maximum absolute atomic E-state index is 12.5. The zero-order chi connectivity index (χ0) is 15.6. The van der Waals surface area contributed by atoms with E-state index in [-0.39, 0.29) is 5.57 Å². The lowest BCUT2D eigenvalue weighted by atomic mass is 10.0. The molecule has 0 radical (unpaired) electrons. The maximum atomic E-state index is 12.5. The van der Waals surface area contributed by atoms with E-state index in [0.717, 1.165) is 17.7 Å². The van der Waals surface area contributed by atoms with Crippen LogP contribution in [0.4, 0.5) is 13.2 Å². The lowest BCUT2D eigenvalue weighted by Gasteiger charge is -2.07. The van der Waals surface area contributed by atoms with Crippen LogP contribution >= 0.6 is 0 Å². The molecule has 1 heterocycles. The predicted octanol–water partition coefficient (Wildman–Crippen LogP) is 4.98. The van der Waals surface area contributed by atoms with Crippen molar-refractivity contribution in [2.45, 2.75) is 20.0 Å². The molecule has 0 aliphatic rings. The monoisotopic (exact) mass is 291 g/mol. The lowest BCUT2D eigenvalue weighted by Crippen LogP contribution is -2.04. The van der Waals surface area contributed by atoms with E-state index in [9.17, 15) is 18.4 Å². The standard InChI is InChI=1S/C16H12F3NO/c1-10-7-13(11(2)21-10)8-14(9-20)12-3-5-15(6-4-12)16(17,18)19/h3-8H,1-2H3/b14-8-. The van der Waals surface area contributed by atoms with Crippen molar-refractivity contribution in [2.75, 3.05) is 0 Å². The quantitative estimate of drug-likeness (QED) is 0.732. The van der Waals surface area contributed by atoms with E-state index in [1.165, 1.54) is 12.1 Å². The minimum Gasteiger partial charge on any atom is -0.466 e. The van der Waals surface area contributed by atoms with Gasteiger partial charge in [0.15, 0.2) is 0 Å². The molecule has 0 aliphatic carbocycles. The second-order valence-corrected chi connectivity index (χ2v) is 4.61. The number of furan rings is 1. The van der Waals surface area contributed by atoms with E-state index in [2.05, 4.69) is 0 Å². The van der Waals surface area contributed by atoms with Gasteiger partial charge in [-0.05, 0) is 43.7 Å². The molecule has 0 amide bonds. The predicted molar refractivity (Wildman–Crippen MR) is 73.1 cm³/mol. The second-order valence-electron chi connectivity index (χ2n) is 4.61. The number of alkyl halides is 3. The van der Waals surface area contributed by atoms with Crippen LogP contribution in [0.15, 0.2) is 34.7 Å². The van der Waals surface area contributed by atoms with Crippen molar-refractivity contribution < 1.29 is 17.6 Å². The van der Waals surface area contributed by atoms with Crippen molar-refractivity contribution in [2.24, 2.45) is 0 Å². The van der Waals surface area contributed by atoms with Crippen LogP contribution in [-0.2, 0) is 6.18 Å². The molecule has 2 nitrogen and oxygen atoms in total.